The molecular formula is C23H29N5O+2. The Labute approximate surface area is 172 Å². The van der Waals surface area contributed by atoms with Crippen LogP contribution in [0.2, 0.25) is 0 Å². The van der Waals surface area contributed by atoms with Crippen molar-refractivity contribution < 1.29 is 14.6 Å². The molecule has 0 spiro atoms. The molecule has 2 aromatic rings. The third-order valence-corrected chi connectivity index (χ3v) is 5.76. The molecule has 3 N–H and O–H groups in total. The number of anilines is 2. The number of nitrogens with one attached hydrogen (secondary N) is 3. The predicted molar refractivity (Wildman–Crippen MR) is 113 cm³/mol. The molecule has 6 nitrogen and oxygen atoms in total. The molecule has 1 fully saturated rings. The van der Waals surface area contributed by atoms with Gasteiger partial charge in [0.2, 0.25) is 11.6 Å². The van der Waals surface area contributed by atoms with Gasteiger partial charge in [-0.1, -0.05) is 43.0 Å². The quantitative estimate of drug-likeness (QED) is 0.720. The van der Waals surface area contributed by atoms with Crippen molar-refractivity contribution >= 4 is 11.6 Å². The Balaban J connectivity index is 1.68. The number of hydrogen-bond acceptors (Lipinski definition) is 4. The van der Waals surface area contributed by atoms with Crippen molar-refractivity contribution in [3.63, 3.8) is 0 Å². The summed E-state index contributed by atoms with van der Waals surface area (Å²) in [5, 5.41) is 13.5. The lowest BCUT2D eigenvalue weighted by molar-refractivity contribution is -0.929. The highest BCUT2D eigenvalue weighted by atomic mass is 16.5. The van der Waals surface area contributed by atoms with Gasteiger partial charge >= 0.3 is 0 Å². The number of fused-ring (bicyclic) bond motifs is 1. The van der Waals surface area contributed by atoms with E-state index in [9.17, 15) is 5.26 Å². The number of nitriles is 1. The minimum absolute atomic E-state index is 0.686. The topological polar surface area (TPSA) is 66.9 Å². The Morgan fingerprint density at radius 2 is 2.03 bits per heavy atom. The number of aromatic amines is 1. The van der Waals surface area contributed by atoms with Gasteiger partial charge in [0.1, 0.15) is 24.7 Å². The number of morpholine rings is 1. The van der Waals surface area contributed by atoms with Crippen molar-refractivity contribution in [2.45, 2.75) is 19.5 Å². The van der Waals surface area contributed by atoms with Crippen LogP contribution >= 0.6 is 0 Å². The first-order chi connectivity index (χ1) is 14.3. The zero-order valence-corrected chi connectivity index (χ0v) is 16.8. The van der Waals surface area contributed by atoms with Gasteiger partial charge in [-0.05, 0) is 5.56 Å². The van der Waals surface area contributed by atoms with Gasteiger partial charge in [-0.25, -0.2) is 4.98 Å². The summed E-state index contributed by atoms with van der Waals surface area (Å²) >= 11 is 0. The number of H-pyrrole nitrogens is 1. The first-order valence-electron chi connectivity index (χ1n) is 10.4. The molecule has 29 heavy (non-hydrogen) atoms. The summed E-state index contributed by atoms with van der Waals surface area (Å²) < 4.78 is 5.50. The fourth-order valence-corrected chi connectivity index (χ4v) is 4.32. The summed E-state index contributed by atoms with van der Waals surface area (Å²) in [6.45, 7) is 10.4. The van der Waals surface area contributed by atoms with E-state index in [0.29, 0.717) is 19.8 Å². The van der Waals surface area contributed by atoms with E-state index in [2.05, 4.69) is 58.2 Å². The van der Waals surface area contributed by atoms with Crippen LogP contribution in [-0.2, 0) is 24.2 Å². The van der Waals surface area contributed by atoms with E-state index in [1.807, 2.05) is 6.08 Å². The summed E-state index contributed by atoms with van der Waals surface area (Å²) in [6.07, 6.45) is 2.78. The zero-order chi connectivity index (χ0) is 20.1. The Morgan fingerprint density at radius 1 is 1.24 bits per heavy atom. The van der Waals surface area contributed by atoms with Crippen LogP contribution in [0, 0.1) is 11.3 Å². The Kier molecular flexibility index (Phi) is 6.09. The molecule has 1 atom stereocenters. The summed E-state index contributed by atoms with van der Waals surface area (Å²) in [7, 11) is 0. The number of aromatic nitrogens is 1. The number of rotatable bonds is 6. The number of pyridine rings is 1. The molecule has 0 radical (unpaired) electrons. The van der Waals surface area contributed by atoms with Crippen molar-refractivity contribution in [1.82, 2.24) is 0 Å². The van der Waals surface area contributed by atoms with Crippen LogP contribution < -0.4 is 20.1 Å². The largest absolute Gasteiger partial charge is 0.375 e. The maximum Gasteiger partial charge on any atom is 0.240 e. The molecule has 1 aromatic carbocycles. The van der Waals surface area contributed by atoms with E-state index in [0.717, 1.165) is 56.3 Å². The minimum atomic E-state index is 0.686. The molecule has 0 bridgehead atoms. The number of quaternary nitrogens is 1. The maximum absolute atomic E-state index is 10.0. The van der Waals surface area contributed by atoms with Gasteiger partial charge in [-0.3, -0.25) is 4.90 Å². The van der Waals surface area contributed by atoms with Crippen LogP contribution in [0.5, 0.6) is 0 Å². The van der Waals surface area contributed by atoms with Crippen molar-refractivity contribution in [3.05, 3.63) is 65.2 Å². The summed E-state index contributed by atoms with van der Waals surface area (Å²) in [4.78, 5) is 7.31. The molecule has 0 aliphatic carbocycles. The van der Waals surface area contributed by atoms with Crippen LogP contribution in [0.4, 0.5) is 11.6 Å². The van der Waals surface area contributed by atoms with Crippen LogP contribution in [0.3, 0.4) is 0 Å². The van der Waals surface area contributed by atoms with E-state index in [-0.39, 0.29) is 0 Å². The molecule has 2 aliphatic heterocycles. The normalized spacial score (nSPS) is 18.6. The van der Waals surface area contributed by atoms with Crippen LogP contribution in [-0.4, -0.2) is 39.4 Å². The fourth-order valence-electron chi connectivity index (χ4n) is 4.32. The monoisotopic (exact) mass is 391 g/mol. The molecule has 150 valence electrons. The molecule has 0 amide bonds. The average Bonchev–Trinajstić information content (AvgIpc) is 2.78. The van der Waals surface area contributed by atoms with Gasteiger partial charge in [-0.2, -0.15) is 5.26 Å². The number of ether oxygens (including phenoxy) is 1. The fraction of sp³-hybridized carbons (Fsp3) is 0.391. The standard InChI is InChI=1S/C23H27N5O/c1-2-9-25-22-21-17-27(16-18-6-4-3-5-7-18)10-8-19(21)20(15-24)23(26-22)28-11-13-29-14-12-28/h2-7H,1,8-14,16-17H2,(H,25,26)/p+2. The second-order valence-electron chi connectivity index (χ2n) is 7.65. The first kappa shape index (κ1) is 19.4. The average molecular weight is 392 g/mol. The second kappa shape index (κ2) is 9.08. The minimum Gasteiger partial charge on any atom is -0.375 e. The van der Waals surface area contributed by atoms with Gasteiger partial charge in [-0.15, -0.1) is 0 Å². The van der Waals surface area contributed by atoms with Crippen LogP contribution in [0.25, 0.3) is 0 Å². The van der Waals surface area contributed by atoms with Gasteiger partial charge < -0.3 is 15.0 Å². The molecule has 1 saturated heterocycles. The number of nitrogens with zero attached hydrogens (tertiary/aromatic N) is 2. The summed E-state index contributed by atoms with van der Waals surface area (Å²) in [6, 6.07) is 13.1. The molecule has 4 rings (SSSR count). The van der Waals surface area contributed by atoms with Gasteiger partial charge in [0.25, 0.3) is 0 Å². The molecule has 1 aromatic heterocycles. The zero-order valence-electron chi connectivity index (χ0n) is 16.8. The smallest absolute Gasteiger partial charge is 0.240 e. The van der Waals surface area contributed by atoms with Gasteiger partial charge in [0, 0.05) is 12.0 Å². The highest BCUT2D eigenvalue weighted by molar-refractivity contribution is 5.62. The van der Waals surface area contributed by atoms with Crippen molar-refractivity contribution in [3.8, 4) is 6.07 Å². The van der Waals surface area contributed by atoms with Gasteiger partial charge in [0.05, 0.1) is 45.0 Å². The lowest BCUT2D eigenvalue weighted by atomic mass is 9.95. The number of benzene rings is 1. The predicted octanol–water partition coefficient (Wildman–Crippen LogP) is 0.948. The van der Waals surface area contributed by atoms with Crippen molar-refractivity contribution in [2.75, 3.05) is 49.6 Å². The van der Waals surface area contributed by atoms with E-state index in [1.54, 1.807) is 0 Å². The van der Waals surface area contributed by atoms with Gasteiger partial charge in [0.15, 0.2) is 0 Å². The Hall–Kier alpha value is -2.88. The molecule has 3 heterocycles. The van der Waals surface area contributed by atoms with Crippen molar-refractivity contribution in [2.24, 2.45) is 0 Å². The molecule has 0 saturated carbocycles. The third kappa shape index (κ3) is 4.26. The van der Waals surface area contributed by atoms with Crippen LogP contribution in [0.15, 0.2) is 43.0 Å². The molecular weight excluding hydrogens is 362 g/mol. The summed E-state index contributed by atoms with van der Waals surface area (Å²) in [5.74, 6) is 1.94. The Bertz CT molecular complexity index is 900. The highest BCUT2D eigenvalue weighted by Crippen LogP contribution is 2.28. The van der Waals surface area contributed by atoms with E-state index in [1.165, 1.54) is 21.6 Å². The maximum atomic E-state index is 10.0. The lowest BCUT2D eigenvalue weighted by Crippen LogP contribution is -3.10. The SMILES string of the molecule is C=CCNc1[nH+]c(N2CCOCC2)c(C#N)c2c1C[NH+](Cc1ccccc1)CC2. The number of hydrogen-bond donors (Lipinski definition) is 2. The summed E-state index contributed by atoms with van der Waals surface area (Å²) in [5.41, 5.74) is 4.57. The lowest BCUT2D eigenvalue weighted by Gasteiger charge is -2.30. The van der Waals surface area contributed by atoms with E-state index >= 15 is 0 Å². The molecule has 2 aliphatic rings. The molecule has 6 heteroatoms. The third-order valence-electron chi connectivity index (χ3n) is 5.76. The Morgan fingerprint density at radius 3 is 2.76 bits per heavy atom. The van der Waals surface area contributed by atoms with E-state index < -0.39 is 0 Å². The van der Waals surface area contributed by atoms with E-state index in [4.69, 9.17) is 4.74 Å². The highest BCUT2D eigenvalue weighted by Gasteiger charge is 2.32. The van der Waals surface area contributed by atoms with Crippen LogP contribution in [0.1, 0.15) is 22.3 Å². The first-order valence-corrected chi connectivity index (χ1v) is 10.4. The second-order valence-corrected chi connectivity index (χ2v) is 7.65. The van der Waals surface area contributed by atoms with Crippen molar-refractivity contribution in [1.29, 1.82) is 5.26 Å². The molecule has 1 unspecified atom stereocenters.